The molecule has 5 rings (SSSR count). The van der Waals surface area contributed by atoms with Crippen LogP contribution in [0.3, 0.4) is 0 Å². The third-order valence-corrected chi connectivity index (χ3v) is 8.15. The summed E-state index contributed by atoms with van der Waals surface area (Å²) < 4.78 is 5.70. The highest BCUT2D eigenvalue weighted by Crippen LogP contribution is 2.44. The highest BCUT2D eigenvalue weighted by molar-refractivity contribution is 5.87. The van der Waals surface area contributed by atoms with Gasteiger partial charge in [-0.15, -0.1) is 0 Å². The minimum Gasteiger partial charge on any atom is -0.480 e. The summed E-state index contributed by atoms with van der Waals surface area (Å²) in [5.41, 5.74) is 3.56. The Hall–Kier alpha value is -3.35. The fourth-order valence-corrected chi connectivity index (χ4v) is 6.18. The van der Waals surface area contributed by atoms with Crippen molar-refractivity contribution >= 4 is 18.0 Å². The van der Waals surface area contributed by atoms with E-state index < -0.39 is 17.6 Å². The summed E-state index contributed by atoms with van der Waals surface area (Å²) in [6.07, 6.45) is 3.49. The van der Waals surface area contributed by atoms with E-state index in [4.69, 9.17) is 4.74 Å². The van der Waals surface area contributed by atoms with Crippen molar-refractivity contribution in [3.63, 3.8) is 0 Å². The van der Waals surface area contributed by atoms with Crippen LogP contribution in [0, 0.1) is 5.92 Å². The van der Waals surface area contributed by atoms with E-state index in [1.54, 1.807) is 6.92 Å². The van der Waals surface area contributed by atoms with Crippen molar-refractivity contribution in [2.75, 3.05) is 13.2 Å². The zero-order valence-corrected chi connectivity index (χ0v) is 20.0. The molecule has 1 saturated carbocycles. The predicted octanol–water partition coefficient (Wildman–Crippen LogP) is 4.55. The van der Waals surface area contributed by atoms with Crippen LogP contribution in [0.5, 0.6) is 0 Å². The monoisotopic (exact) mass is 476 g/mol. The van der Waals surface area contributed by atoms with Crippen LogP contribution in [0.4, 0.5) is 4.79 Å². The number of carbonyl (C=O) groups excluding carboxylic acids is 2. The molecule has 7 heteroatoms. The first-order valence-corrected chi connectivity index (χ1v) is 12.5. The quantitative estimate of drug-likeness (QED) is 0.638. The van der Waals surface area contributed by atoms with Crippen LogP contribution in [0.15, 0.2) is 48.5 Å². The molecule has 2 fully saturated rings. The van der Waals surface area contributed by atoms with E-state index in [1.807, 2.05) is 24.3 Å². The maximum atomic E-state index is 13.0. The highest BCUT2D eigenvalue weighted by Gasteiger charge is 2.46. The standard InChI is InChI=1S/C28H32N2O5/c1-28(26(32)33)14-7-15-30(28)25(31)16-18-8-6-13-24(18)29-27(34)35-17-23-21-11-4-2-9-19(21)20-10-3-5-12-22(20)23/h2-5,9-12,18,23-24H,6-8,13-17H2,1H3,(H,29,34)(H,32,33)/t18-,24+,28+/m0/s1. The van der Waals surface area contributed by atoms with E-state index in [1.165, 1.54) is 16.0 Å². The second-order valence-electron chi connectivity index (χ2n) is 10.2. The van der Waals surface area contributed by atoms with Gasteiger partial charge in [0.2, 0.25) is 5.91 Å². The van der Waals surface area contributed by atoms with Crippen LogP contribution in [-0.4, -0.2) is 52.7 Å². The van der Waals surface area contributed by atoms with Crippen molar-refractivity contribution in [1.29, 1.82) is 0 Å². The molecule has 1 saturated heterocycles. The summed E-state index contributed by atoms with van der Waals surface area (Å²) in [5, 5.41) is 12.6. The molecule has 184 valence electrons. The van der Waals surface area contributed by atoms with Crippen molar-refractivity contribution in [1.82, 2.24) is 10.2 Å². The lowest BCUT2D eigenvalue weighted by Crippen LogP contribution is -2.51. The van der Waals surface area contributed by atoms with Gasteiger partial charge in [0.25, 0.3) is 0 Å². The van der Waals surface area contributed by atoms with Gasteiger partial charge in [-0.25, -0.2) is 9.59 Å². The molecule has 35 heavy (non-hydrogen) atoms. The van der Waals surface area contributed by atoms with Crippen molar-refractivity contribution in [3.05, 3.63) is 59.7 Å². The second kappa shape index (κ2) is 9.36. The summed E-state index contributed by atoms with van der Waals surface area (Å²) >= 11 is 0. The Labute approximate surface area is 205 Å². The Morgan fingerprint density at radius 3 is 2.34 bits per heavy atom. The number of carboxylic acids is 1. The van der Waals surface area contributed by atoms with Gasteiger partial charge < -0.3 is 20.1 Å². The van der Waals surface area contributed by atoms with Gasteiger partial charge in [0.1, 0.15) is 12.1 Å². The average Bonchev–Trinajstić information content (AvgIpc) is 3.54. The molecule has 0 radical (unpaired) electrons. The zero-order valence-electron chi connectivity index (χ0n) is 20.0. The van der Waals surface area contributed by atoms with Gasteiger partial charge in [0.05, 0.1) is 0 Å². The molecule has 7 nitrogen and oxygen atoms in total. The summed E-state index contributed by atoms with van der Waals surface area (Å²) in [5.74, 6) is -1.11. The van der Waals surface area contributed by atoms with Crippen LogP contribution >= 0.6 is 0 Å². The van der Waals surface area contributed by atoms with Crippen molar-refractivity contribution in [3.8, 4) is 11.1 Å². The summed E-state index contributed by atoms with van der Waals surface area (Å²) in [4.78, 5) is 39.0. The van der Waals surface area contributed by atoms with Crippen LogP contribution < -0.4 is 5.32 Å². The van der Waals surface area contributed by atoms with Gasteiger partial charge in [0, 0.05) is 24.9 Å². The average molecular weight is 477 g/mol. The van der Waals surface area contributed by atoms with Gasteiger partial charge in [0.15, 0.2) is 0 Å². The largest absolute Gasteiger partial charge is 0.480 e. The Bertz CT molecular complexity index is 1100. The SMILES string of the molecule is C[C@]1(C(=O)O)CCCN1C(=O)C[C@@H]1CCC[C@H]1NC(=O)OCC1c2ccccc2-c2ccccc21. The Balaban J connectivity index is 1.19. The van der Waals surface area contributed by atoms with E-state index >= 15 is 0 Å². The Kier molecular flexibility index (Phi) is 6.26. The number of fused-ring (bicyclic) bond motifs is 3. The molecule has 0 aromatic heterocycles. The number of nitrogens with zero attached hydrogens (tertiary/aromatic N) is 1. The molecule has 2 aliphatic carbocycles. The van der Waals surface area contributed by atoms with Crippen LogP contribution in [0.2, 0.25) is 0 Å². The molecule has 3 aliphatic rings. The summed E-state index contributed by atoms with van der Waals surface area (Å²) in [6.45, 7) is 2.35. The lowest BCUT2D eigenvalue weighted by molar-refractivity contribution is -0.155. The van der Waals surface area contributed by atoms with Crippen LogP contribution in [-0.2, 0) is 14.3 Å². The first kappa shape index (κ1) is 23.4. The van der Waals surface area contributed by atoms with E-state index in [-0.39, 0.29) is 36.8 Å². The third-order valence-electron chi connectivity index (χ3n) is 8.15. The minimum absolute atomic E-state index is 0.00188. The Morgan fingerprint density at radius 1 is 1.03 bits per heavy atom. The number of hydrogen-bond donors (Lipinski definition) is 2. The normalized spacial score (nSPS) is 25.2. The molecule has 1 aliphatic heterocycles. The molecule has 3 atom stereocenters. The van der Waals surface area contributed by atoms with Crippen molar-refractivity contribution < 1.29 is 24.2 Å². The molecule has 2 amide bonds. The number of aliphatic carboxylic acids is 1. The number of hydrogen-bond acceptors (Lipinski definition) is 4. The van der Waals surface area contributed by atoms with Crippen molar-refractivity contribution in [2.24, 2.45) is 5.92 Å². The topological polar surface area (TPSA) is 95.9 Å². The molecule has 2 N–H and O–H groups in total. The molecular weight excluding hydrogens is 444 g/mol. The number of nitrogens with one attached hydrogen (secondary N) is 1. The number of carbonyl (C=O) groups is 3. The van der Waals surface area contributed by atoms with Crippen molar-refractivity contribution in [2.45, 2.75) is 62.9 Å². The zero-order chi connectivity index (χ0) is 24.6. The molecule has 0 bridgehead atoms. The molecular formula is C28H32N2O5. The number of amides is 2. The van der Waals surface area contributed by atoms with Gasteiger partial charge >= 0.3 is 12.1 Å². The number of rotatable bonds is 6. The first-order chi connectivity index (χ1) is 16.9. The third kappa shape index (κ3) is 4.28. The van der Waals surface area contributed by atoms with E-state index in [2.05, 4.69) is 29.6 Å². The summed E-state index contributed by atoms with van der Waals surface area (Å²) in [6, 6.07) is 16.3. The lowest BCUT2D eigenvalue weighted by atomic mass is 9.95. The lowest BCUT2D eigenvalue weighted by Gasteiger charge is -2.32. The van der Waals surface area contributed by atoms with Gasteiger partial charge in [-0.05, 0) is 60.8 Å². The highest BCUT2D eigenvalue weighted by atomic mass is 16.5. The molecule has 1 heterocycles. The molecule has 2 aromatic carbocycles. The molecule has 0 spiro atoms. The van der Waals surface area contributed by atoms with E-state index in [0.29, 0.717) is 19.4 Å². The van der Waals surface area contributed by atoms with Crippen LogP contribution in [0.25, 0.3) is 11.1 Å². The smallest absolute Gasteiger partial charge is 0.407 e. The number of alkyl carbamates (subject to hydrolysis) is 1. The number of benzene rings is 2. The molecule has 0 unspecified atom stereocenters. The predicted molar refractivity (Wildman–Crippen MR) is 131 cm³/mol. The number of likely N-dealkylation sites (tertiary alicyclic amines) is 1. The van der Waals surface area contributed by atoms with Gasteiger partial charge in [-0.1, -0.05) is 55.0 Å². The second-order valence-corrected chi connectivity index (χ2v) is 10.2. The van der Waals surface area contributed by atoms with E-state index in [0.717, 1.165) is 30.4 Å². The maximum Gasteiger partial charge on any atom is 0.407 e. The van der Waals surface area contributed by atoms with Gasteiger partial charge in [-0.2, -0.15) is 0 Å². The number of ether oxygens (including phenoxy) is 1. The van der Waals surface area contributed by atoms with Crippen LogP contribution in [0.1, 0.15) is 62.5 Å². The minimum atomic E-state index is -1.13. The van der Waals surface area contributed by atoms with Gasteiger partial charge in [-0.3, -0.25) is 4.79 Å². The summed E-state index contributed by atoms with van der Waals surface area (Å²) in [7, 11) is 0. The fraction of sp³-hybridized carbons (Fsp3) is 0.464. The number of carboxylic acid groups (broad SMARTS) is 1. The van der Waals surface area contributed by atoms with E-state index in [9.17, 15) is 19.5 Å². The fourth-order valence-electron chi connectivity index (χ4n) is 6.18. The maximum absolute atomic E-state index is 13.0. The first-order valence-electron chi connectivity index (χ1n) is 12.5. The Morgan fingerprint density at radius 2 is 1.69 bits per heavy atom. The molecule has 2 aromatic rings.